The number of rotatable bonds is 8. The minimum absolute atomic E-state index is 0.274. The van der Waals surface area contributed by atoms with Gasteiger partial charge in [-0.3, -0.25) is 9.69 Å². The maximum Gasteiger partial charge on any atom is 0.255 e. The van der Waals surface area contributed by atoms with Crippen LogP contribution in [0.2, 0.25) is 5.02 Å². The summed E-state index contributed by atoms with van der Waals surface area (Å²) in [5.41, 5.74) is 3.11. The first-order chi connectivity index (χ1) is 14.4. The van der Waals surface area contributed by atoms with Crippen LogP contribution in [0.4, 0.5) is 0 Å². The molecule has 1 amide bonds. The van der Waals surface area contributed by atoms with Crippen molar-refractivity contribution in [1.29, 1.82) is 0 Å². The fourth-order valence-electron chi connectivity index (χ4n) is 2.94. The monoisotopic (exact) mass is 428 g/mol. The molecule has 0 fully saturated rings. The van der Waals surface area contributed by atoms with Crippen molar-refractivity contribution < 1.29 is 9.53 Å². The average molecular weight is 429 g/mol. The Bertz CT molecular complexity index is 1010. The van der Waals surface area contributed by atoms with Gasteiger partial charge < -0.3 is 10.1 Å². The number of benzene rings is 2. The van der Waals surface area contributed by atoms with Crippen molar-refractivity contribution in [3.8, 4) is 11.4 Å². The van der Waals surface area contributed by atoms with Crippen LogP contribution in [-0.2, 0) is 13.1 Å². The molecule has 0 aliphatic heterocycles. The predicted molar refractivity (Wildman–Crippen MR) is 115 cm³/mol. The van der Waals surface area contributed by atoms with Gasteiger partial charge in [0, 0.05) is 25.2 Å². The maximum absolute atomic E-state index is 12.9. The summed E-state index contributed by atoms with van der Waals surface area (Å²) in [6.07, 6.45) is 1.42. The first-order valence-electron chi connectivity index (χ1n) is 9.56. The summed E-state index contributed by atoms with van der Waals surface area (Å²) in [5.74, 6) is 0.110. The first-order valence-corrected chi connectivity index (χ1v) is 9.94. The molecule has 0 saturated carbocycles. The molecule has 3 aromatic rings. The summed E-state index contributed by atoms with van der Waals surface area (Å²) in [6.45, 7) is 5.51. The molecular weight excluding hydrogens is 404 g/mol. The smallest absolute Gasteiger partial charge is 0.255 e. The van der Waals surface area contributed by atoms with Crippen molar-refractivity contribution in [2.24, 2.45) is 0 Å². The highest BCUT2D eigenvalue weighted by Crippen LogP contribution is 2.29. The van der Waals surface area contributed by atoms with Crippen molar-refractivity contribution in [3.05, 3.63) is 64.4 Å². The minimum atomic E-state index is -0.274. The van der Waals surface area contributed by atoms with E-state index in [1.807, 2.05) is 18.2 Å². The number of methoxy groups -OCH3 is 1. The third kappa shape index (κ3) is 4.95. The lowest BCUT2D eigenvalue weighted by atomic mass is 10.1. The normalized spacial score (nSPS) is 11.2. The van der Waals surface area contributed by atoms with Gasteiger partial charge in [-0.25, -0.2) is 0 Å². The molecule has 1 N–H and O–H groups in total. The molecule has 0 aliphatic carbocycles. The molecule has 0 unspecified atom stereocenters. The Balaban J connectivity index is 1.78. The molecule has 30 heavy (non-hydrogen) atoms. The summed E-state index contributed by atoms with van der Waals surface area (Å²) in [6, 6.07) is 11.7. The number of hydrogen-bond acceptors (Lipinski definition) is 6. The number of nitrogens with zero attached hydrogens (tertiary/aromatic N) is 5. The molecule has 1 aromatic heterocycles. The number of aromatic nitrogens is 4. The molecule has 9 heteroatoms. The number of hydrogen-bond donors (Lipinski definition) is 1. The molecule has 0 aliphatic rings. The van der Waals surface area contributed by atoms with Crippen LogP contribution in [-0.4, -0.2) is 51.2 Å². The van der Waals surface area contributed by atoms with Gasteiger partial charge in [0.2, 0.25) is 0 Å². The number of nitrogens with one attached hydrogen (secondary N) is 1. The number of carbonyl (C=O) groups is 1. The van der Waals surface area contributed by atoms with Crippen LogP contribution in [0.1, 0.15) is 35.3 Å². The van der Waals surface area contributed by atoms with Crippen LogP contribution in [0.25, 0.3) is 5.69 Å². The highest BCUT2D eigenvalue weighted by atomic mass is 35.5. The zero-order valence-corrected chi connectivity index (χ0v) is 18.2. The molecule has 0 spiro atoms. The van der Waals surface area contributed by atoms with Gasteiger partial charge >= 0.3 is 0 Å². The lowest BCUT2D eigenvalue weighted by Gasteiger charge is -2.22. The van der Waals surface area contributed by atoms with Crippen LogP contribution in [0.3, 0.4) is 0 Å². The van der Waals surface area contributed by atoms with Crippen molar-refractivity contribution in [3.63, 3.8) is 0 Å². The minimum Gasteiger partial charge on any atom is -0.496 e. The van der Waals surface area contributed by atoms with Gasteiger partial charge in [-0.1, -0.05) is 35.9 Å². The fraction of sp³-hybridized carbons (Fsp3) is 0.333. The summed E-state index contributed by atoms with van der Waals surface area (Å²) < 4.78 is 6.82. The maximum atomic E-state index is 12.9. The standard InChI is InChI=1S/C21H25ClN6O2/c1-14(2)27(3)12-16-8-6-5-7-15(16)11-23-21(29)17-9-18(22)19(10-20(17)30-4)28-13-24-25-26-28/h5-10,13-14H,11-12H2,1-4H3,(H,23,29). The van der Waals surface area contributed by atoms with Crippen molar-refractivity contribution in [2.75, 3.05) is 14.2 Å². The Morgan fingerprint density at radius 2 is 2.00 bits per heavy atom. The highest BCUT2D eigenvalue weighted by molar-refractivity contribution is 6.33. The van der Waals surface area contributed by atoms with Gasteiger partial charge in [0.05, 0.1) is 23.4 Å². The second-order valence-electron chi connectivity index (χ2n) is 7.22. The Morgan fingerprint density at radius 1 is 1.27 bits per heavy atom. The van der Waals surface area contributed by atoms with Gasteiger partial charge in [-0.15, -0.1) is 5.10 Å². The van der Waals surface area contributed by atoms with E-state index in [0.717, 1.165) is 12.1 Å². The van der Waals surface area contributed by atoms with E-state index in [1.54, 1.807) is 12.1 Å². The molecule has 0 radical (unpaired) electrons. The van der Waals surface area contributed by atoms with E-state index in [4.69, 9.17) is 16.3 Å². The van der Waals surface area contributed by atoms with E-state index in [1.165, 1.54) is 23.7 Å². The van der Waals surface area contributed by atoms with E-state index in [2.05, 4.69) is 52.7 Å². The number of carbonyl (C=O) groups excluding carboxylic acids is 1. The quantitative estimate of drug-likeness (QED) is 0.593. The fourth-order valence-corrected chi connectivity index (χ4v) is 3.19. The van der Waals surface area contributed by atoms with Crippen molar-refractivity contribution in [1.82, 2.24) is 30.4 Å². The average Bonchev–Trinajstić information content (AvgIpc) is 3.27. The molecule has 8 nitrogen and oxygen atoms in total. The Morgan fingerprint density at radius 3 is 2.63 bits per heavy atom. The van der Waals surface area contributed by atoms with Gasteiger partial charge in [-0.2, -0.15) is 4.68 Å². The number of ether oxygens (including phenoxy) is 1. The zero-order valence-electron chi connectivity index (χ0n) is 17.5. The number of amides is 1. The van der Waals surface area contributed by atoms with Gasteiger partial charge in [0.15, 0.2) is 0 Å². The summed E-state index contributed by atoms with van der Waals surface area (Å²) in [4.78, 5) is 15.1. The van der Waals surface area contributed by atoms with Gasteiger partial charge in [0.25, 0.3) is 5.91 Å². The molecule has 0 atom stereocenters. The molecular formula is C21H25ClN6O2. The molecule has 158 valence electrons. The van der Waals surface area contributed by atoms with Gasteiger partial charge in [0.1, 0.15) is 12.1 Å². The zero-order chi connectivity index (χ0) is 21.7. The Kier molecular flexibility index (Phi) is 7.02. The lowest BCUT2D eigenvalue weighted by molar-refractivity contribution is 0.0947. The van der Waals surface area contributed by atoms with Crippen LogP contribution in [0.15, 0.2) is 42.7 Å². The van der Waals surface area contributed by atoms with E-state index in [-0.39, 0.29) is 5.91 Å². The lowest BCUT2D eigenvalue weighted by Crippen LogP contribution is -2.28. The van der Waals surface area contributed by atoms with Crippen molar-refractivity contribution in [2.45, 2.75) is 33.0 Å². The molecule has 0 saturated heterocycles. The highest BCUT2D eigenvalue weighted by Gasteiger charge is 2.18. The Labute approximate surface area is 180 Å². The summed E-state index contributed by atoms with van der Waals surface area (Å²) in [7, 11) is 3.58. The summed E-state index contributed by atoms with van der Waals surface area (Å²) in [5, 5.41) is 14.4. The third-order valence-corrected chi connectivity index (χ3v) is 5.27. The molecule has 0 bridgehead atoms. The van der Waals surface area contributed by atoms with E-state index < -0.39 is 0 Å². The Hall–Kier alpha value is -2.97. The SMILES string of the molecule is COc1cc(-n2cnnn2)c(Cl)cc1C(=O)NCc1ccccc1CN(C)C(C)C. The topological polar surface area (TPSA) is 85.2 Å². The number of tetrazole rings is 1. The molecule has 3 rings (SSSR count). The largest absolute Gasteiger partial charge is 0.496 e. The van der Waals surface area contributed by atoms with Gasteiger partial charge in [-0.05, 0) is 48.5 Å². The van der Waals surface area contributed by atoms with Crippen LogP contribution in [0, 0.1) is 0 Å². The van der Waals surface area contributed by atoms with Crippen LogP contribution < -0.4 is 10.1 Å². The van der Waals surface area contributed by atoms with Crippen molar-refractivity contribution >= 4 is 17.5 Å². The van der Waals surface area contributed by atoms with Crippen LogP contribution in [0.5, 0.6) is 5.75 Å². The molecule has 2 aromatic carbocycles. The van der Waals surface area contributed by atoms with Crippen LogP contribution >= 0.6 is 11.6 Å². The summed E-state index contributed by atoms with van der Waals surface area (Å²) >= 11 is 6.37. The van der Waals surface area contributed by atoms with E-state index in [0.29, 0.717) is 34.6 Å². The first kappa shape index (κ1) is 21.7. The molecule has 1 heterocycles. The van der Waals surface area contributed by atoms with E-state index >= 15 is 0 Å². The second-order valence-corrected chi connectivity index (χ2v) is 7.63. The second kappa shape index (κ2) is 9.69. The predicted octanol–water partition coefficient (Wildman–Crippen LogP) is 3.09. The third-order valence-electron chi connectivity index (χ3n) is 4.97. The number of halogens is 1. The van der Waals surface area contributed by atoms with E-state index in [9.17, 15) is 4.79 Å².